The zero-order valence-corrected chi connectivity index (χ0v) is 16.1. The maximum Gasteiger partial charge on any atom is 0.238 e. The van der Waals surface area contributed by atoms with E-state index in [0.717, 1.165) is 35.2 Å². The molecule has 1 N–H and O–H groups in total. The fraction of sp³-hybridized carbons (Fsp3) is 0.300. The van der Waals surface area contributed by atoms with Crippen molar-refractivity contribution in [2.45, 2.75) is 43.1 Å². The van der Waals surface area contributed by atoms with Gasteiger partial charge in [0.2, 0.25) is 11.1 Å². The predicted molar refractivity (Wildman–Crippen MR) is 105 cm³/mol. The quantitative estimate of drug-likeness (QED) is 0.665. The van der Waals surface area contributed by atoms with Crippen molar-refractivity contribution in [3.63, 3.8) is 0 Å². The lowest BCUT2D eigenvalue weighted by Crippen LogP contribution is -2.30. The molecular formula is C20H21N5OS. The molecule has 1 saturated carbocycles. The number of para-hydroxylation sites is 1. The van der Waals surface area contributed by atoms with Crippen LogP contribution in [-0.2, 0) is 4.79 Å². The second kappa shape index (κ2) is 7.52. The van der Waals surface area contributed by atoms with Gasteiger partial charge in [-0.05, 0) is 53.8 Å². The number of carbonyl (C=O) groups is 1. The second-order valence-corrected chi connectivity index (χ2v) is 7.88. The van der Waals surface area contributed by atoms with Gasteiger partial charge in [-0.1, -0.05) is 60.3 Å². The van der Waals surface area contributed by atoms with Gasteiger partial charge in [-0.2, -0.15) is 4.68 Å². The highest BCUT2D eigenvalue weighted by Gasteiger charge is 2.30. The fourth-order valence-electron chi connectivity index (χ4n) is 3.04. The minimum atomic E-state index is -0.402. The van der Waals surface area contributed by atoms with Crippen molar-refractivity contribution >= 4 is 17.7 Å². The first kappa shape index (κ1) is 17.7. The molecule has 1 aromatic heterocycles. The molecular weight excluding hydrogens is 358 g/mol. The van der Waals surface area contributed by atoms with Gasteiger partial charge in [-0.25, -0.2) is 0 Å². The Hall–Kier alpha value is -2.67. The van der Waals surface area contributed by atoms with E-state index in [-0.39, 0.29) is 5.91 Å². The number of aryl methyl sites for hydroxylation is 2. The number of tetrazole rings is 1. The van der Waals surface area contributed by atoms with Crippen molar-refractivity contribution in [1.29, 1.82) is 0 Å². The molecule has 0 aliphatic heterocycles. The Kier molecular flexibility index (Phi) is 4.94. The van der Waals surface area contributed by atoms with Gasteiger partial charge < -0.3 is 5.32 Å². The predicted octanol–water partition coefficient (Wildman–Crippen LogP) is 3.39. The molecule has 4 rings (SSSR count). The standard InChI is InChI=1S/C20H21N5OS/c1-13-7-6-8-14(2)17(13)25-20(22-23-24-25)27-18(15-9-4-3-5-10-15)19(26)21-16-11-12-16/h3-10,16,18H,11-12H2,1-2H3,(H,21,26). The molecule has 1 aliphatic rings. The Morgan fingerprint density at radius 2 is 1.81 bits per heavy atom. The number of nitrogens with one attached hydrogen (secondary N) is 1. The summed E-state index contributed by atoms with van der Waals surface area (Å²) in [6, 6.07) is 16.2. The number of nitrogens with zero attached hydrogens (tertiary/aromatic N) is 4. The average molecular weight is 379 g/mol. The largest absolute Gasteiger partial charge is 0.352 e. The topological polar surface area (TPSA) is 72.7 Å². The van der Waals surface area contributed by atoms with Gasteiger partial charge in [-0.15, -0.1) is 5.10 Å². The number of thioether (sulfide) groups is 1. The van der Waals surface area contributed by atoms with Crippen molar-refractivity contribution in [3.8, 4) is 5.69 Å². The van der Waals surface area contributed by atoms with Gasteiger partial charge in [0.05, 0.1) is 5.69 Å². The summed E-state index contributed by atoms with van der Waals surface area (Å²) >= 11 is 1.38. The molecule has 6 nitrogen and oxygen atoms in total. The van der Waals surface area contributed by atoms with E-state index in [2.05, 4.69) is 20.8 Å². The van der Waals surface area contributed by atoms with Crippen molar-refractivity contribution in [3.05, 3.63) is 65.2 Å². The first-order valence-corrected chi connectivity index (χ1v) is 9.88. The van der Waals surface area contributed by atoms with Gasteiger partial charge in [0.1, 0.15) is 5.25 Å². The van der Waals surface area contributed by atoms with Crippen molar-refractivity contribution in [2.24, 2.45) is 0 Å². The molecule has 1 amide bonds. The lowest BCUT2D eigenvalue weighted by molar-refractivity contribution is -0.120. The van der Waals surface area contributed by atoms with Crippen LogP contribution in [0.4, 0.5) is 0 Å². The van der Waals surface area contributed by atoms with Crippen LogP contribution in [0.25, 0.3) is 5.69 Å². The van der Waals surface area contributed by atoms with Crippen LogP contribution in [0.2, 0.25) is 0 Å². The van der Waals surface area contributed by atoms with Crippen molar-refractivity contribution in [2.75, 3.05) is 0 Å². The molecule has 1 fully saturated rings. The highest BCUT2D eigenvalue weighted by molar-refractivity contribution is 8.00. The SMILES string of the molecule is Cc1cccc(C)c1-n1nnnc1SC(C(=O)NC1CC1)c1ccccc1. The first-order chi connectivity index (χ1) is 13.1. The minimum Gasteiger partial charge on any atom is -0.352 e. The monoisotopic (exact) mass is 379 g/mol. The fourth-order valence-corrected chi connectivity index (χ4v) is 4.03. The summed E-state index contributed by atoms with van der Waals surface area (Å²) in [6.45, 7) is 4.07. The average Bonchev–Trinajstić information content (AvgIpc) is 3.36. The van der Waals surface area contributed by atoms with Crippen LogP contribution in [0.5, 0.6) is 0 Å². The number of amides is 1. The highest BCUT2D eigenvalue weighted by atomic mass is 32.2. The Morgan fingerprint density at radius 1 is 1.11 bits per heavy atom. The lowest BCUT2D eigenvalue weighted by Gasteiger charge is -2.17. The summed E-state index contributed by atoms with van der Waals surface area (Å²) in [6.07, 6.45) is 2.11. The van der Waals surface area contributed by atoms with Crippen LogP contribution in [-0.4, -0.2) is 32.2 Å². The zero-order valence-electron chi connectivity index (χ0n) is 15.3. The molecule has 0 radical (unpaired) electrons. The third-order valence-corrected chi connectivity index (χ3v) is 5.77. The first-order valence-electron chi connectivity index (χ1n) is 9.00. The van der Waals surface area contributed by atoms with E-state index in [1.54, 1.807) is 4.68 Å². The minimum absolute atomic E-state index is 0.00440. The van der Waals surface area contributed by atoms with E-state index >= 15 is 0 Å². The molecule has 0 bridgehead atoms. The van der Waals surface area contributed by atoms with E-state index in [1.165, 1.54) is 11.8 Å². The Bertz CT molecular complexity index is 932. The van der Waals surface area contributed by atoms with Crippen LogP contribution in [0.3, 0.4) is 0 Å². The number of benzene rings is 2. The van der Waals surface area contributed by atoms with Gasteiger partial charge in [-0.3, -0.25) is 4.79 Å². The third kappa shape index (κ3) is 3.88. The van der Waals surface area contributed by atoms with Crippen LogP contribution in [0.1, 0.15) is 34.8 Å². The van der Waals surface area contributed by atoms with Crippen LogP contribution in [0, 0.1) is 13.8 Å². The summed E-state index contributed by atoms with van der Waals surface area (Å²) in [5.74, 6) is 0.00440. The van der Waals surface area contributed by atoms with E-state index in [9.17, 15) is 4.79 Å². The van der Waals surface area contributed by atoms with E-state index in [0.29, 0.717) is 11.2 Å². The van der Waals surface area contributed by atoms with Crippen molar-refractivity contribution in [1.82, 2.24) is 25.5 Å². The second-order valence-electron chi connectivity index (χ2n) is 6.81. The molecule has 138 valence electrons. The van der Waals surface area contributed by atoms with Gasteiger partial charge in [0.25, 0.3) is 0 Å². The maximum atomic E-state index is 12.9. The van der Waals surface area contributed by atoms with Gasteiger partial charge in [0, 0.05) is 6.04 Å². The summed E-state index contributed by atoms with van der Waals surface area (Å²) in [4.78, 5) is 12.9. The molecule has 3 aromatic rings. The van der Waals surface area contributed by atoms with E-state index in [4.69, 9.17) is 0 Å². The number of hydrogen-bond acceptors (Lipinski definition) is 5. The third-order valence-electron chi connectivity index (χ3n) is 4.58. The number of rotatable bonds is 6. The molecule has 1 unspecified atom stereocenters. The normalized spacial score (nSPS) is 14.7. The number of carbonyl (C=O) groups excluding carboxylic acids is 1. The summed E-state index contributed by atoms with van der Waals surface area (Å²) in [7, 11) is 0. The lowest BCUT2D eigenvalue weighted by atomic mass is 10.1. The maximum absolute atomic E-state index is 12.9. The zero-order chi connectivity index (χ0) is 18.8. The molecule has 1 atom stereocenters. The molecule has 7 heteroatoms. The Balaban J connectivity index is 1.68. The highest BCUT2D eigenvalue weighted by Crippen LogP contribution is 2.36. The summed E-state index contributed by atoms with van der Waals surface area (Å²) < 4.78 is 1.73. The van der Waals surface area contributed by atoms with Crippen LogP contribution in [0.15, 0.2) is 53.7 Å². The summed E-state index contributed by atoms with van der Waals surface area (Å²) in [5.41, 5.74) is 4.07. The Morgan fingerprint density at radius 3 is 2.48 bits per heavy atom. The molecule has 1 aliphatic carbocycles. The van der Waals surface area contributed by atoms with E-state index in [1.807, 2.05) is 62.4 Å². The smallest absolute Gasteiger partial charge is 0.238 e. The van der Waals surface area contributed by atoms with Crippen LogP contribution < -0.4 is 5.32 Å². The van der Waals surface area contributed by atoms with Crippen LogP contribution >= 0.6 is 11.8 Å². The molecule has 2 aromatic carbocycles. The molecule has 1 heterocycles. The van der Waals surface area contributed by atoms with Gasteiger partial charge in [0.15, 0.2) is 0 Å². The van der Waals surface area contributed by atoms with Gasteiger partial charge >= 0.3 is 0 Å². The number of hydrogen-bond donors (Lipinski definition) is 1. The number of aromatic nitrogens is 4. The molecule has 0 saturated heterocycles. The summed E-state index contributed by atoms with van der Waals surface area (Å²) in [5, 5.41) is 15.6. The molecule has 0 spiro atoms. The van der Waals surface area contributed by atoms with E-state index < -0.39 is 5.25 Å². The molecule has 27 heavy (non-hydrogen) atoms. The Labute approximate surface area is 162 Å². The van der Waals surface area contributed by atoms with Crippen molar-refractivity contribution < 1.29 is 4.79 Å².